The van der Waals surface area contributed by atoms with Crippen molar-refractivity contribution < 1.29 is 0 Å². The van der Waals surface area contributed by atoms with Crippen LogP contribution in [0, 0.1) is 12.8 Å². The van der Waals surface area contributed by atoms with Crippen molar-refractivity contribution in [1.82, 2.24) is 29.4 Å². The molecule has 1 fully saturated rings. The van der Waals surface area contributed by atoms with Gasteiger partial charge in [0.25, 0.3) is 5.56 Å². The average Bonchev–Trinajstić information content (AvgIpc) is 3.03. The molecule has 0 spiro atoms. The molecule has 0 N–H and O–H groups in total. The predicted octanol–water partition coefficient (Wildman–Crippen LogP) is 2.20. The van der Waals surface area contributed by atoms with Crippen molar-refractivity contribution in [2.45, 2.75) is 52.5 Å². The quantitative estimate of drug-likeness (QED) is 0.692. The molecule has 0 bridgehead atoms. The van der Waals surface area contributed by atoms with Crippen molar-refractivity contribution in [3.63, 3.8) is 0 Å². The summed E-state index contributed by atoms with van der Waals surface area (Å²) >= 11 is 0. The zero-order valence-corrected chi connectivity index (χ0v) is 17.0. The normalized spacial score (nSPS) is 16.1. The second-order valence-electron chi connectivity index (χ2n) is 8.65. The van der Waals surface area contributed by atoms with E-state index in [0.29, 0.717) is 5.92 Å². The molecule has 8 nitrogen and oxygen atoms in total. The first-order chi connectivity index (χ1) is 13.3. The summed E-state index contributed by atoms with van der Waals surface area (Å²) < 4.78 is 3.53. The van der Waals surface area contributed by atoms with E-state index in [9.17, 15) is 4.79 Å². The molecular formula is C20H27N7O. The number of hydrogen-bond donors (Lipinski definition) is 0. The van der Waals surface area contributed by atoms with Crippen LogP contribution in [0.15, 0.2) is 29.3 Å². The lowest BCUT2D eigenvalue weighted by Crippen LogP contribution is -2.37. The molecule has 3 aromatic rings. The Kier molecular flexibility index (Phi) is 4.64. The fourth-order valence-electron chi connectivity index (χ4n) is 3.65. The number of aryl methyl sites for hydroxylation is 1. The zero-order valence-electron chi connectivity index (χ0n) is 17.0. The first-order valence-corrected chi connectivity index (χ1v) is 9.82. The fourth-order valence-corrected chi connectivity index (χ4v) is 3.65. The molecular weight excluding hydrogens is 354 g/mol. The Bertz CT molecular complexity index is 1040. The maximum Gasteiger partial charge on any atom is 0.253 e. The summed E-state index contributed by atoms with van der Waals surface area (Å²) in [5.74, 6) is 2.20. The van der Waals surface area contributed by atoms with Gasteiger partial charge in [-0.15, -0.1) is 15.3 Å². The minimum atomic E-state index is -0.110. The maximum atomic E-state index is 12.5. The van der Waals surface area contributed by atoms with Crippen molar-refractivity contribution in [3.8, 4) is 0 Å². The van der Waals surface area contributed by atoms with Gasteiger partial charge in [-0.25, -0.2) is 4.98 Å². The number of hydrogen-bond acceptors (Lipinski definition) is 6. The Morgan fingerprint density at radius 3 is 2.57 bits per heavy atom. The van der Waals surface area contributed by atoms with Crippen LogP contribution in [-0.4, -0.2) is 42.5 Å². The van der Waals surface area contributed by atoms with Gasteiger partial charge in [0.05, 0.1) is 12.0 Å². The first kappa shape index (κ1) is 18.6. The van der Waals surface area contributed by atoms with Gasteiger partial charge < -0.3 is 4.90 Å². The molecule has 1 aliphatic heterocycles. The van der Waals surface area contributed by atoms with Crippen molar-refractivity contribution in [1.29, 1.82) is 0 Å². The molecule has 3 aromatic heterocycles. The van der Waals surface area contributed by atoms with E-state index in [1.807, 2.05) is 19.1 Å². The largest absolute Gasteiger partial charge is 0.355 e. The van der Waals surface area contributed by atoms with Gasteiger partial charge in [0.1, 0.15) is 5.82 Å². The van der Waals surface area contributed by atoms with Gasteiger partial charge in [0, 0.05) is 31.1 Å². The molecule has 148 valence electrons. The second-order valence-corrected chi connectivity index (χ2v) is 8.65. The zero-order chi connectivity index (χ0) is 19.9. The number of rotatable bonds is 3. The molecule has 28 heavy (non-hydrogen) atoms. The highest BCUT2D eigenvalue weighted by atomic mass is 16.1. The van der Waals surface area contributed by atoms with Gasteiger partial charge in [-0.1, -0.05) is 20.8 Å². The number of aromatic nitrogens is 6. The van der Waals surface area contributed by atoms with Crippen molar-refractivity contribution in [2.24, 2.45) is 5.92 Å². The second kappa shape index (κ2) is 7.00. The van der Waals surface area contributed by atoms with E-state index in [0.717, 1.165) is 55.5 Å². The van der Waals surface area contributed by atoms with E-state index < -0.39 is 0 Å². The Labute approximate surface area is 164 Å². The summed E-state index contributed by atoms with van der Waals surface area (Å²) in [5, 5.41) is 12.8. The lowest BCUT2D eigenvalue weighted by atomic mass is 9.92. The Hall–Kier alpha value is -2.77. The van der Waals surface area contributed by atoms with Gasteiger partial charge >= 0.3 is 0 Å². The molecule has 0 radical (unpaired) electrons. The third kappa shape index (κ3) is 3.63. The third-order valence-corrected chi connectivity index (χ3v) is 5.45. The molecule has 0 amide bonds. The summed E-state index contributed by atoms with van der Waals surface area (Å²) in [6.45, 7) is 10.7. The molecule has 0 atom stereocenters. The number of nitrogens with zero attached hydrogens (tertiary/aromatic N) is 7. The molecule has 8 heteroatoms. The van der Waals surface area contributed by atoms with Crippen LogP contribution in [0.4, 0.5) is 5.82 Å². The standard InChI is InChI=1S/C20H27N7O/c1-14-22-23-17-5-6-18(24-27(14)17)25-9-7-15(8-10-25)12-26-13-21-16(11-19(26)28)20(2,3)4/h5-6,11,13,15H,7-10,12H2,1-4H3. The van der Waals surface area contributed by atoms with E-state index in [-0.39, 0.29) is 11.0 Å². The van der Waals surface area contributed by atoms with Gasteiger partial charge in [-0.05, 0) is 37.8 Å². The van der Waals surface area contributed by atoms with Crippen molar-refractivity contribution >= 4 is 11.5 Å². The van der Waals surface area contributed by atoms with Crippen LogP contribution in [0.3, 0.4) is 0 Å². The van der Waals surface area contributed by atoms with Crippen LogP contribution in [0.25, 0.3) is 5.65 Å². The summed E-state index contributed by atoms with van der Waals surface area (Å²) in [6, 6.07) is 5.63. The molecule has 1 aliphatic rings. The monoisotopic (exact) mass is 381 g/mol. The predicted molar refractivity (Wildman–Crippen MR) is 108 cm³/mol. The highest BCUT2D eigenvalue weighted by molar-refractivity contribution is 5.45. The van der Waals surface area contributed by atoms with Gasteiger partial charge in [-0.3, -0.25) is 9.36 Å². The van der Waals surface area contributed by atoms with Crippen molar-refractivity contribution in [2.75, 3.05) is 18.0 Å². The summed E-state index contributed by atoms with van der Waals surface area (Å²) in [7, 11) is 0. The van der Waals surface area contributed by atoms with E-state index in [1.165, 1.54) is 0 Å². The average molecular weight is 381 g/mol. The van der Waals surface area contributed by atoms with E-state index in [1.54, 1.807) is 21.5 Å². The minimum Gasteiger partial charge on any atom is -0.355 e. The Morgan fingerprint density at radius 1 is 1.14 bits per heavy atom. The molecule has 0 unspecified atom stereocenters. The van der Waals surface area contributed by atoms with E-state index in [4.69, 9.17) is 0 Å². The van der Waals surface area contributed by atoms with Gasteiger partial charge in [0.2, 0.25) is 0 Å². The SMILES string of the molecule is Cc1nnc2ccc(N3CCC(Cn4cnc(C(C)(C)C)cc4=O)CC3)nn12. The third-order valence-electron chi connectivity index (χ3n) is 5.45. The summed E-state index contributed by atoms with van der Waals surface area (Å²) in [6.07, 6.45) is 3.75. The summed E-state index contributed by atoms with van der Waals surface area (Å²) in [4.78, 5) is 19.3. The van der Waals surface area contributed by atoms with Crippen molar-refractivity contribution in [3.05, 3.63) is 46.4 Å². The maximum absolute atomic E-state index is 12.5. The fraction of sp³-hybridized carbons (Fsp3) is 0.550. The van der Waals surface area contributed by atoms with Gasteiger partial charge in [0.15, 0.2) is 11.5 Å². The number of fused-ring (bicyclic) bond motifs is 1. The Morgan fingerprint density at radius 2 is 1.89 bits per heavy atom. The first-order valence-electron chi connectivity index (χ1n) is 9.82. The molecule has 0 saturated carbocycles. The van der Waals surface area contributed by atoms with Crippen LogP contribution in [-0.2, 0) is 12.0 Å². The topological polar surface area (TPSA) is 81.2 Å². The highest BCUT2D eigenvalue weighted by Crippen LogP contribution is 2.23. The van der Waals surface area contributed by atoms with Crippen LogP contribution in [0.5, 0.6) is 0 Å². The minimum absolute atomic E-state index is 0.0394. The van der Waals surface area contributed by atoms with Gasteiger partial charge in [-0.2, -0.15) is 4.52 Å². The summed E-state index contributed by atoms with van der Waals surface area (Å²) in [5.41, 5.74) is 1.54. The highest BCUT2D eigenvalue weighted by Gasteiger charge is 2.22. The molecule has 0 aromatic carbocycles. The van der Waals surface area contributed by atoms with Crippen LogP contribution < -0.4 is 10.5 Å². The Balaban J connectivity index is 1.41. The molecule has 4 heterocycles. The smallest absolute Gasteiger partial charge is 0.253 e. The molecule has 1 saturated heterocycles. The number of piperidine rings is 1. The van der Waals surface area contributed by atoms with E-state index in [2.05, 4.69) is 46.0 Å². The van der Waals surface area contributed by atoms with Crippen LogP contribution >= 0.6 is 0 Å². The van der Waals surface area contributed by atoms with Crippen LogP contribution in [0.1, 0.15) is 45.1 Å². The van der Waals surface area contributed by atoms with Crippen LogP contribution in [0.2, 0.25) is 0 Å². The molecule has 4 rings (SSSR count). The van der Waals surface area contributed by atoms with E-state index >= 15 is 0 Å². The number of anilines is 1. The lowest BCUT2D eigenvalue weighted by molar-refractivity contribution is 0.348. The lowest BCUT2D eigenvalue weighted by Gasteiger charge is -2.32. The molecule has 0 aliphatic carbocycles.